The molecule has 0 amide bonds. The summed E-state index contributed by atoms with van der Waals surface area (Å²) >= 11 is 0. The Morgan fingerprint density at radius 1 is 1.21 bits per heavy atom. The third kappa shape index (κ3) is 4.73. The van der Waals surface area contributed by atoms with Crippen LogP contribution in [0.1, 0.15) is 19.3 Å². The van der Waals surface area contributed by atoms with E-state index in [2.05, 4.69) is 10.2 Å². The zero-order chi connectivity index (χ0) is 13.5. The van der Waals surface area contributed by atoms with Gasteiger partial charge in [0.2, 0.25) is 0 Å². The average molecular weight is 264 g/mol. The topological polar surface area (TPSA) is 44.7 Å². The summed E-state index contributed by atoms with van der Waals surface area (Å²) in [6, 6.07) is 7.76. The Hall–Kier alpha value is -1.26. The van der Waals surface area contributed by atoms with Crippen molar-refractivity contribution in [1.82, 2.24) is 4.90 Å². The lowest BCUT2D eigenvalue weighted by molar-refractivity contribution is 0.110. The van der Waals surface area contributed by atoms with E-state index >= 15 is 0 Å². The Bertz CT molecular complexity index is 361. The van der Waals surface area contributed by atoms with Gasteiger partial charge in [-0.15, -0.1) is 0 Å². The van der Waals surface area contributed by atoms with Crippen LogP contribution >= 0.6 is 0 Å². The van der Waals surface area contributed by atoms with E-state index in [1.807, 2.05) is 24.3 Å². The maximum absolute atomic E-state index is 10.0. The molecule has 2 N–H and O–H groups in total. The second-order valence-electron chi connectivity index (χ2n) is 5.12. The summed E-state index contributed by atoms with van der Waals surface area (Å²) in [5, 5.41) is 13.3. The third-order valence-corrected chi connectivity index (χ3v) is 3.55. The molecule has 1 heterocycles. The number of piperidine rings is 1. The monoisotopic (exact) mass is 264 g/mol. The zero-order valence-corrected chi connectivity index (χ0v) is 11.6. The van der Waals surface area contributed by atoms with Crippen LogP contribution in [0.25, 0.3) is 0 Å². The van der Waals surface area contributed by atoms with Crippen molar-refractivity contribution >= 4 is 5.69 Å². The molecule has 1 aromatic carbocycles. The Labute approximate surface area is 115 Å². The van der Waals surface area contributed by atoms with E-state index in [0.29, 0.717) is 6.54 Å². The molecule has 0 spiro atoms. The van der Waals surface area contributed by atoms with Crippen LogP contribution in [0.4, 0.5) is 5.69 Å². The van der Waals surface area contributed by atoms with Crippen molar-refractivity contribution in [2.45, 2.75) is 25.4 Å². The van der Waals surface area contributed by atoms with Crippen LogP contribution in [-0.2, 0) is 0 Å². The number of aliphatic hydroxyl groups is 1. The van der Waals surface area contributed by atoms with Gasteiger partial charge >= 0.3 is 0 Å². The van der Waals surface area contributed by atoms with Gasteiger partial charge in [-0.2, -0.15) is 0 Å². The molecule has 1 atom stereocenters. The van der Waals surface area contributed by atoms with Gasteiger partial charge < -0.3 is 20.1 Å². The minimum absolute atomic E-state index is 0.319. The van der Waals surface area contributed by atoms with Gasteiger partial charge in [-0.3, -0.25) is 0 Å². The predicted molar refractivity (Wildman–Crippen MR) is 77.8 cm³/mol. The Morgan fingerprint density at radius 2 is 1.89 bits per heavy atom. The van der Waals surface area contributed by atoms with E-state index in [0.717, 1.165) is 31.1 Å². The molecular weight excluding hydrogens is 240 g/mol. The number of rotatable bonds is 6. The van der Waals surface area contributed by atoms with Crippen LogP contribution in [-0.4, -0.2) is 49.4 Å². The lowest BCUT2D eigenvalue weighted by Gasteiger charge is -2.28. The number of anilines is 1. The maximum atomic E-state index is 10.0. The second kappa shape index (κ2) is 7.36. The lowest BCUT2D eigenvalue weighted by Crippen LogP contribution is -2.39. The summed E-state index contributed by atoms with van der Waals surface area (Å²) in [4.78, 5) is 2.35. The zero-order valence-electron chi connectivity index (χ0n) is 11.6. The van der Waals surface area contributed by atoms with Crippen molar-refractivity contribution in [3.8, 4) is 5.75 Å². The predicted octanol–water partition coefficient (Wildman–Crippen LogP) is 1.95. The molecule has 1 saturated heterocycles. The van der Waals surface area contributed by atoms with Gasteiger partial charge in [0, 0.05) is 18.8 Å². The number of likely N-dealkylation sites (tertiary alicyclic amines) is 1. The van der Waals surface area contributed by atoms with Crippen molar-refractivity contribution in [3.63, 3.8) is 0 Å². The molecule has 106 valence electrons. The van der Waals surface area contributed by atoms with Crippen LogP contribution in [0.15, 0.2) is 24.3 Å². The molecule has 4 heteroatoms. The quantitative estimate of drug-likeness (QED) is 0.824. The first-order valence-corrected chi connectivity index (χ1v) is 7.06. The number of ether oxygens (including phenoxy) is 1. The second-order valence-corrected chi connectivity index (χ2v) is 5.12. The number of hydrogen-bond donors (Lipinski definition) is 2. The summed E-state index contributed by atoms with van der Waals surface area (Å²) in [5.41, 5.74) is 1.01. The van der Waals surface area contributed by atoms with E-state index < -0.39 is 0 Å². The first kappa shape index (κ1) is 14.2. The van der Waals surface area contributed by atoms with E-state index in [-0.39, 0.29) is 6.10 Å². The highest BCUT2D eigenvalue weighted by Gasteiger charge is 2.14. The molecule has 1 aliphatic rings. The van der Waals surface area contributed by atoms with Gasteiger partial charge in [-0.05, 0) is 50.2 Å². The number of hydrogen-bond acceptors (Lipinski definition) is 4. The van der Waals surface area contributed by atoms with Crippen LogP contribution in [0.2, 0.25) is 0 Å². The molecule has 0 radical (unpaired) electrons. The molecule has 0 aliphatic carbocycles. The van der Waals surface area contributed by atoms with Gasteiger partial charge in [0.05, 0.1) is 13.2 Å². The lowest BCUT2D eigenvalue weighted by atomic mass is 10.1. The number of β-amino-alcohol motifs (C(OH)–C–C–N with tert-alkyl or cyclic N) is 1. The van der Waals surface area contributed by atoms with E-state index in [4.69, 9.17) is 4.74 Å². The summed E-state index contributed by atoms with van der Waals surface area (Å²) in [7, 11) is 1.66. The normalized spacial score (nSPS) is 18.0. The molecule has 0 saturated carbocycles. The Balaban J connectivity index is 1.71. The largest absolute Gasteiger partial charge is 0.497 e. The molecule has 4 nitrogen and oxygen atoms in total. The fourth-order valence-electron chi connectivity index (χ4n) is 2.45. The van der Waals surface area contributed by atoms with Crippen molar-refractivity contribution in [1.29, 1.82) is 0 Å². The standard InChI is InChI=1S/C15H24N2O2/c1-19-15-7-5-13(6-8-15)16-11-14(18)12-17-9-3-2-4-10-17/h5-8,14,16,18H,2-4,9-12H2,1H3. The summed E-state index contributed by atoms with van der Waals surface area (Å²) < 4.78 is 5.11. The van der Waals surface area contributed by atoms with Gasteiger partial charge in [0.25, 0.3) is 0 Å². The summed E-state index contributed by atoms with van der Waals surface area (Å²) in [5.74, 6) is 0.847. The number of aliphatic hydroxyl groups excluding tert-OH is 1. The third-order valence-electron chi connectivity index (χ3n) is 3.55. The van der Waals surface area contributed by atoms with Crippen molar-refractivity contribution in [3.05, 3.63) is 24.3 Å². The molecule has 2 rings (SSSR count). The minimum atomic E-state index is -0.319. The van der Waals surface area contributed by atoms with Gasteiger partial charge in [-0.1, -0.05) is 6.42 Å². The van der Waals surface area contributed by atoms with Gasteiger partial charge in [0.1, 0.15) is 5.75 Å². The number of benzene rings is 1. The van der Waals surface area contributed by atoms with Gasteiger partial charge in [0.15, 0.2) is 0 Å². The van der Waals surface area contributed by atoms with Crippen LogP contribution in [0, 0.1) is 0 Å². The van der Waals surface area contributed by atoms with Crippen molar-refractivity contribution in [2.75, 3.05) is 38.6 Å². The number of nitrogens with one attached hydrogen (secondary N) is 1. The molecule has 0 aromatic heterocycles. The number of methoxy groups -OCH3 is 1. The van der Waals surface area contributed by atoms with Crippen LogP contribution < -0.4 is 10.1 Å². The minimum Gasteiger partial charge on any atom is -0.497 e. The maximum Gasteiger partial charge on any atom is 0.119 e. The average Bonchev–Trinajstić information content (AvgIpc) is 2.47. The molecule has 1 unspecified atom stereocenters. The van der Waals surface area contributed by atoms with E-state index in [9.17, 15) is 5.11 Å². The molecule has 1 aromatic rings. The highest BCUT2D eigenvalue weighted by atomic mass is 16.5. The molecule has 0 bridgehead atoms. The summed E-state index contributed by atoms with van der Waals surface area (Å²) in [6.45, 7) is 3.60. The molecular formula is C15H24N2O2. The molecule has 1 fully saturated rings. The van der Waals surface area contributed by atoms with Crippen LogP contribution in [0.5, 0.6) is 5.75 Å². The highest BCUT2D eigenvalue weighted by molar-refractivity contribution is 5.46. The first-order chi connectivity index (χ1) is 9.28. The smallest absolute Gasteiger partial charge is 0.119 e. The van der Waals surface area contributed by atoms with Crippen molar-refractivity contribution < 1.29 is 9.84 Å². The summed E-state index contributed by atoms with van der Waals surface area (Å²) in [6.07, 6.45) is 3.54. The Morgan fingerprint density at radius 3 is 2.53 bits per heavy atom. The highest BCUT2D eigenvalue weighted by Crippen LogP contribution is 2.15. The van der Waals surface area contributed by atoms with Crippen LogP contribution in [0.3, 0.4) is 0 Å². The fraction of sp³-hybridized carbons (Fsp3) is 0.600. The fourth-order valence-corrected chi connectivity index (χ4v) is 2.45. The van der Waals surface area contributed by atoms with Gasteiger partial charge in [-0.25, -0.2) is 0 Å². The molecule has 1 aliphatic heterocycles. The first-order valence-electron chi connectivity index (χ1n) is 7.06. The Kier molecular flexibility index (Phi) is 5.48. The molecule has 19 heavy (non-hydrogen) atoms. The van der Waals surface area contributed by atoms with Crippen molar-refractivity contribution in [2.24, 2.45) is 0 Å². The SMILES string of the molecule is COc1ccc(NCC(O)CN2CCCCC2)cc1. The van der Waals surface area contributed by atoms with E-state index in [1.54, 1.807) is 7.11 Å². The van der Waals surface area contributed by atoms with E-state index in [1.165, 1.54) is 19.3 Å². The number of nitrogens with zero attached hydrogens (tertiary/aromatic N) is 1.